The van der Waals surface area contributed by atoms with Crippen LogP contribution in [0.4, 0.5) is 0 Å². The summed E-state index contributed by atoms with van der Waals surface area (Å²) in [6.45, 7) is 5.06. The number of hydrogen-bond donors (Lipinski definition) is 1. The minimum Gasteiger partial charge on any atom is -0.393 e. The number of thiocarbonyl (C=S) groups is 1. The van der Waals surface area contributed by atoms with Gasteiger partial charge in [-0.05, 0) is 20.3 Å². The number of amides is 1. The monoisotopic (exact) mass is 276 g/mol. The van der Waals surface area contributed by atoms with Crippen molar-refractivity contribution in [2.75, 3.05) is 33.9 Å². The molecule has 0 aromatic carbocycles. The molecule has 0 radical (unpaired) electrons. The molecular formula is C12H24N2O3S. The van der Waals surface area contributed by atoms with Gasteiger partial charge in [0.2, 0.25) is 5.91 Å². The van der Waals surface area contributed by atoms with Crippen molar-refractivity contribution in [3.63, 3.8) is 0 Å². The molecule has 0 aliphatic carbocycles. The van der Waals surface area contributed by atoms with Crippen LogP contribution in [0.15, 0.2) is 0 Å². The quantitative estimate of drug-likeness (QED) is 0.502. The Morgan fingerprint density at radius 3 is 2.56 bits per heavy atom. The lowest BCUT2D eigenvalue weighted by atomic mass is 10.1. The van der Waals surface area contributed by atoms with Crippen LogP contribution >= 0.6 is 12.2 Å². The van der Waals surface area contributed by atoms with Crippen molar-refractivity contribution in [3.05, 3.63) is 0 Å². The Labute approximate surface area is 115 Å². The minimum absolute atomic E-state index is 0.0681. The number of carbonyl (C=O) groups is 1. The lowest BCUT2D eigenvalue weighted by Gasteiger charge is -2.23. The van der Waals surface area contributed by atoms with Gasteiger partial charge in [0.05, 0.1) is 10.6 Å². The zero-order valence-electron chi connectivity index (χ0n) is 11.7. The van der Waals surface area contributed by atoms with E-state index < -0.39 is 0 Å². The highest BCUT2D eigenvalue weighted by molar-refractivity contribution is 7.80. The molecule has 18 heavy (non-hydrogen) atoms. The molecule has 0 bridgehead atoms. The zero-order chi connectivity index (χ0) is 14.2. The van der Waals surface area contributed by atoms with E-state index in [4.69, 9.17) is 27.4 Å². The van der Waals surface area contributed by atoms with Gasteiger partial charge in [0.1, 0.15) is 6.61 Å². The summed E-state index contributed by atoms with van der Waals surface area (Å²) in [6, 6.07) is 0. The molecule has 6 heteroatoms. The molecule has 0 aliphatic rings. The Kier molecular flexibility index (Phi) is 8.06. The summed E-state index contributed by atoms with van der Waals surface area (Å²) in [5, 5.41) is 0. The summed E-state index contributed by atoms with van der Waals surface area (Å²) >= 11 is 4.76. The van der Waals surface area contributed by atoms with Crippen LogP contribution in [0.2, 0.25) is 0 Å². The summed E-state index contributed by atoms with van der Waals surface area (Å²) < 4.78 is 10.6. The lowest BCUT2D eigenvalue weighted by Crippen LogP contribution is -2.33. The summed E-state index contributed by atoms with van der Waals surface area (Å²) in [7, 11) is 3.37. The second-order valence-corrected chi connectivity index (χ2v) is 5.32. The summed E-state index contributed by atoms with van der Waals surface area (Å²) in [6.07, 6.45) is 1.28. The fourth-order valence-corrected chi connectivity index (χ4v) is 1.18. The number of carbonyl (C=O) groups excluding carboxylic acids is 1. The van der Waals surface area contributed by atoms with E-state index >= 15 is 0 Å². The largest absolute Gasteiger partial charge is 0.393 e. The number of likely N-dealkylation sites (N-methyl/N-ethyl adjacent to an activating group) is 1. The predicted molar refractivity (Wildman–Crippen MR) is 75.6 cm³/mol. The van der Waals surface area contributed by atoms with E-state index in [2.05, 4.69) is 0 Å². The molecule has 0 atom stereocenters. The molecule has 0 spiro atoms. The molecule has 0 saturated carbocycles. The van der Waals surface area contributed by atoms with Crippen LogP contribution in [0.3, 0.4) is 0 Å². The van der Waals surface area contributed by atoms with Gasteiger partial charge in [-0.25, -0.2) is 0 Å². The molecule has 0 aromatic rings. The maximum Gasteiger partial charge on any atom is 0.248 e. The first-order chi connectivity index (χ1) is 8.28. The van der Waals surface area contributed by atoms with Gasteiger partial charge in [0.25, 0.3) is 0 Å². The van der Waals surface area contributed by atoms with Gasteiger partial charge in [0, 0.05) is 33.7 Å². The smallest absolute Gasteiger partial charge is 0.248 e. The number of methoxy groups -OCH3 is 1. The highest BCUT2D eigenvalue weighted by Crippen LogP contribution is 2.12. The van der Waals surface area contributed by atoms with Crippen LogP contribution < -0.4 is 5.73 Å². The van der Waals surface area contributed by atoms with E-state index in [1.54, 1.807) is 19.1 Å². The molecule has 0 aliphatic heterocycles. The summed E-state index contributed by atoms with van der Waals surface area (Å²) in [4.78, 5) is 13.6. The topological polar surface area (TPSA) is 64.8 Å². The third-order valence-electron chi connectivity index (χ3n) is 2.75. The van der Waals surface area contributed by atoms with Crippen molar-refractivity contribution in [1.82, 2.24) is 4.90 Å². The van der Waals surface area contributed by atoms with Crippen molar-refractivity contribution >= 4 is 23.1 Å². The maximum absolute atomic E-state index is 11.6. The Bertz CT molecular complexity index is 282. The van der Waals surface area contributed by atoms with Crippen LogP contribution in [-0.2, 0) is 14.3 Å². The van der Waals surface area contributed by atoms with E-state index in [-0.39, 0.29) is 18.1 Å². The van der Waals surface area contributed by atoms with E-state index in [1.165, 1.54) is 0 Å². The lowest BCUT2D eigenvalue weighted by molar-refractivity contribution is -0.135. The standard InChI is InChI=1S/C12H24N2O3S/c1-12(2,16-4)6-8-17-9-11(15)14(3)7-5-10(13)18/h5-9H2,1-4H3,(H2,13,18). The fraction of sp³-hybridized carbons (Fsp3) is 0.833. The van der Waals surface area contributed by atoms with Crippen LogP contribution in [0.5, 0.6) is 0 Å². The number of rotatable bonds is 9. The molecule has 106 valence electrons. The number of nitrogens with zero attached hydrogens (tertiary/aromatic N) is 1. The van der Waals surface area contributed by atoms with Gasteiger partial charge in [-0.15, -0.1) is 0 Å². The van der Waals surface area contributed by atoms with Crippen molar-refractivity contribution in [3.8, 4) is 0 Å². The molecule has 5 nitrogen and oxygen atoms in total. The number of hydrogen-bond acceptors (Lipinski definition) is 4. The summed E-state index contributed by atoms with van der Waals surface area (Å²) in [5.41, 5.74) is 5.15. The minimum atomic E-state index is -0.222. The molecule has 0 saturated heterocycles. The Morgan fingerprint density at radius 2 is 2.06 bits per heavy atom. The van der Waals surface area contributed by atoms with Gasteiger partial charge in [0.15, 0.2) is 0 Å². The molecule has 0 aromatic heterocycles. The van der Waals surface area contributed by atoms with Crippen LogP contribution in [-0.4, -0.2) is 55.3 Å². The Hall–Kier alpha value is -0.720. The number of ether oxygens (including phenoxy) is 2. The molecule has 0 rings (SSSR count). The SMILES string of the molecule is COC(C)(C)CCOCC(=O)N(C)CCC(N)=S. The van der Waals surface area contributed by atoms with Gasteiger partial charge in [-0.2, -0.15) is 0 Å². The van der Waals surface area contributed by atoms with Crippen molar-refractivity contribution < 1.29 is 14.3 Å². The van der Waals surface area contributed by atoms with Gasteiger partial charge in [-0.1, -0.05) is 12.2 Å². The molecule has 0 heterocycles. The van der Waals surface area contributed by atoms with Crippen LogP contribution in [0.25, 0.3) is 0 Å². The summed E-state index contributed by atoms with van der Waals surface area (Å²) in [5.74, 6) is -0.0681. The molecule has 0 fully saturated rings. The Morgan fingerprint density at radius 1 is 1.44 bits per heavy atom. The highest BCUT2D eigenvalue weighted by Gasteiger charge is 2.16. The van der Waals surface area contributed by atoms with E-state index in [1.807, 2.05) is 13.8 Å². The second kappa shape index (κ2) is 8.39. The third-order valence-corrected chi connectivity index (χ3v) is 2.95. The molecule has 2 N–H and O–H groups in total. The van der Waals surface area contributed by atoms with Gasteiger partial charge in [-0.3, -0.25) is 4.79 Å². The average Bonchev–Trinajstić information content (AvgIpc) is 2.31. The van der Waals surface area contributed by atoms with Crippen molar-refractivity contribution in [1.29, 1.82) is 0 Å². The first-order valence-electron chi connectivity index (χ1n) is 5.93. The third kappa shape index (κ3) is 8.38. The molecule has 1 amide bonds. The van der Waals surface area contributed by atoms with Crippen LogP contribution in [0.1, 0.15) is 26.7 Å². The zero-order valence-corrected chi connectivity index (χ0v) is 12.5. The van der Waals surface area contributed by atoms with E-state index in [9.17, 15) is 4.79 Å². The predicted octanol–water partition coefficient (Wildman–Crippen LogP) is 0.953. The second-order valence-electron chi connectivity index (χ2n) is 4.80. The maximum atomic E-state index is 11.6. The van der Waals surface area contributed by atoms with Crippen molar-refractivity contribution in [2.45, 2.75) is 32.3 Å². The molecular weight excluding hydrogens is 252 g/mol. The number of nitrogens with two attached hydrogens (primary N) is 1. The van der Waals surface area contributed by atoms with E-state index in [0.29, 0.717) is 24.6 Å². The van der Waals surface area contributed by atoms with Crippen LogP contribution in [0, 0.1) is 0 Å². The Balaban J connectivity index is 3.73. The van der Waals surface area contributed by atoms with E-state index in [0.717, 1.165) is 6.42 Å². The molecule has 0 unspecified atom stereocenters. The first kappa shape index (κ1) is 17.3. The van der Waals surface area contributed by atoms with Crippen molar-refractivity contribution in [2.24, 2.45) is 5.73 Å². The normalized spacial score (nSPS) is 11.3. The average molecular weight is 276 g/mol. The fourth-order valence-electron chi connectivity index (χ4n) is 1.09. The van der Waals surface area contributed by atoms with Gasteiger partial charge < -0.3 is 20.1 Å². The first-order valence-corrected chi connectivity index (χ1v) is 6.34. The van der Waals surface area contributed by atoms with Gasteiger partial charge >= 0.3 is 0 Å². The highest BCUT2D eigenvalue weighted by atomic mass is 32.1.